The van der Waals surface area contributed by atoms with E-state index in [9.17, 15) is 20.2 Å². The Hall–Kier alpha value is -3.83. The largest absolute Gasteiger partial charge is 0.297 e. The zero-order valence-corrected chi connectivity index (χ0v) is 16.3. The van der Waals surface area contributed by atoms with Crippen LogP contribution in [-0.4, -0.2) is 15.8 Å². The molecule has 3 aromatic rings. The van der Waals surface area contributed by atoms with Crippen LogP contribution in [0.15, 0.2) is 60.3 Å². The maximum absolute atomic E-state index is 12.4. The van der Waals surface area contributed by atoms with Crippen molar-refractivity contribution in [3.63, 3.8) is 0 Å². The number of nitro benzene ring substituents is 1. The molecule has 0 atom stereocenters. The van der Waals surface area contributed by atoms with Gasteiger partial charge in [-0.3, -0.25) is 20.2 Å². The fourth-order valence-electron chi connectivity index (χ4n) is 2.56. The first-order chi connectivity index (χ1) is 13.9. The Bertz CT molecular complexity index is 1130. The second-order valence-electron chi connectivity index (χ2n) is 6.27. The third kappa shape index (κ3) is 5.34. The first kappa shape index (κ1) is 19.9. The molecule has 144 valence electrons. The van der Waals surface area contributed by atoms with Gasteiger partial charge >= 0.3 is 0 Å². The van der Waals surface area contributed by atoms with Gasteiger partial charge < -0.3 is 0 Å². The molecule has 0 bridgehead atoms. The fourth-order valence-corrected chi connectivity index (χ4v) is 3.40. The summed E-state index contributed by atoms with van der Waals surface area (Å²) in [4.78, 5) is 27.9. The number of hydrogen-bond donors (Lipinski definition) is 1. The van der Waals surface area contributed by atoms with Crippen LogP contribution in [0.4, 0.5) is 10.8 Å². The number of amides is 1. The molecule has 0 spiro atoms. The van der Waals surface area contributed by atoms with E-state index in [-0.39, 0.29) is 11.3 Å². The summed E-state index contributed by atoms with van der Waals surface area (Å²) in [6, 6.07) is 15.7. The number of benzene rings is 2. The van der Waals surface area contributed by atoms with Crippen LogP contribution in [0.5, 0.6) is 0 Å². The predicted octanol–water partition coefficient (Wildman–Crippen LogP) is 4.50. The molecular formula is C21H16N4O3S. The number of nitrogens with zero attached hydrogens (tertiary/aromatic N) is 3. The highest BCUT2D eigenvalue weighted by Gasteiger charge is 2.13. The minimum absolute atomic E-state index is 0.114. The zero-order chi connectivity index (χ0) is 20.8. The molecule has 29 heavy (non-hydrogen) atoms. The summed E-state index contributed by atoms with van der Waals surface area (Å²) in [5.74, 6) is -0.616. The molecule has 0 aliphatic rings. The maximum Gasteiger partial charge on any atom is 0.270 e. The first-order valence-corrected chi connectivity index (χ1v) is 9.44. The van der Waals surface area contributed by atoms with Gasteiger partial charge in [0.1, 0.15) is 11.6 Å². The lowest BCUT2D eigenvalue weighted by atomic mass is 10.1. The van der Waals surface area contributed by atoms with Crippen LogP contribution in [-0.2, 0) is 11.2 Å². The summed E-state index contributed by atoms with van der Waals surface area (Å²) in [6.07, 6.45) is 3.70. The lowest BCUT2D eigenvalue weighted by Gasteiger charge is -2.01. The van der Waals surface area contributed by atoms with E-state index in [1.165, 1.54) is 41.2 Å². The number of aromatic nitrogens is 1. The Kier molecular flexibility index (Phi) is 6.12. The molecule has 1 amide bonds. The molecule has 0 radical (unpaired) electrons. The third-order valence-corrected chi connectivity index (χ3v) is 4.94. The molecule has 1 N–H and O–H groups in total. The summed E-state index contributed by atoms with van der Waals surface area (Å²) in [6.45, 7) is 2.03. The number of nitro groups is 1. The summed E-state index contributed by atoms with van der Waals surface area (Å²) < 4.78 is 0. The Morgan fingerprint density at radius 1 is 1.31 bits per heavy atom. The van der Waals surface area contributed by atoms with Gasteiger partial charge in [-0.25, -0.2) is 4.98 Å². The number of aryl methyl sites for hydroxylation is 1. The van der Waals surface area contributed by atoms with Gasteiger partial charge in [0.2, 0.25) is 0 Å². The normalized spacial score (nSPS) is 11.0. The van der Waals surface area contributed by atoms with E-state index in [1.807, 2.05) is 37.3 Å². The summed E-state index contributed by atoms with van der Waals surface area (Å²) in [7, 11) is 0. The average Bonchev–Trinajstić information content (AvgIpc) is 3.14. The van der Waals surface area contributed by atoms with Crippen molar-refractivity contribution in [1.29, 1.82) is 5.26 Å². The van der Waals surface area contributed by atoms with Crippen molar-refractivity contribution in [3.8, 4) is 6.07 Å². The van der Waals surface area contributed by atoms with Crippen molar-refractivity contribution in [3.05, 3.63) is 92.0 Å². The molecule has 0 fully saturated rings. The topological polar surface area (TPSA) is 109 Å². The van der Waals surface area contributed by atoms with Crippen LogP contribution in [0.2, 0.25) is 0 Å². The third-order valence-electron chi connectivity index (χ3n) is 4.03. The molecule has 0 aliphatic heterocycles. The number of anilines is 1. The molecule has 1 heterocycles. The van der Waals surface area contributed by atoms with Crippen LogP contribution in [0.1, 0.15) is 21.6 Å². The first-order valence-electron chi connectivity index (χ1n) is 8.62. The summed E-state index contributed by atoms with van der Waals surface area (Å²) in [5, 5.41) is 23.2. The van der Waals surface area contributed by atoms with Crippen molar-refractivity contribution < 1.29 is 9.72 Å². The van der Waals surface area contributed by atoms with Gasteiger partial charge in [0.25, 0.3) is 11.6 Å². The number of carbonyl (C=O) groups is 1. The predicted molar refractivity (Wildman–Crippen MR) is 111 cm³/mol. The highest BCUT2D eigenvalue weighted by molar-refractivity contribution is 7.15. The van der Waals surface area contributed by atoms with Crippen molar-refractivity contribution in [2.24, 2.45) is 0 Å². The van der Waals surface area contributed by atoms with E-state index in [4.69, 9.17) is 0 Å². The van der Waals surface area contributed by atoms with Gasteiger partial charge in [-0.15, -0.1) is 11.3 Å². The Labute approximate surface area is 171 Å². The van der Waals surface area contributed by atoms with Gasteiger partial charge in [0.05, 0.1) is 4.92 Å². The standard InChI is InChI=1S/C21H16N4O3S/c1-14-5-7-15(8-6-14)11-19-13-23-21(29-19)24-20(26)17(12-22)9-16-3-2-4-18(10-16)25(27)28/h2-10,13H,11H2,1H3,(H,23,24,26)/b17-9+. The highest BCUT2D eigenvalue weighted by Crippen LogP contribution is 2.22. The number of hydrogen-bond acceptors (Lipinski definition) is 6. The average molecular weight is 404 g/mol. The van der Waals surface area contributed by atoms with Gasteiger partial charge in [0.15, 0.2) is 5.13 Å². The summed E-state index contributed by atoms with van der Waals surface area (Å²) in [5.41, 5.74) is 2.44. The SMILES string of the molecule is Cc1ccc(Cc2cnc(NC(=O)/C(C#N)=C/c3cccc([N+](=O)[O-])c3)s2)cc1. The van der Waals surface area contributed by atoms with Gasteiger partial charge in [0, 0.05) is 29.6 Å². The number of rotatable bonds is 6. The van der Waals surface area contributed by atoms with Gasteiger partial charge in [-0.05, 0) is 24.1 Å². The van der Waals surface area contributed by atoms with Crippen molar-refractivity contribution in [1.82, 2.24) is 4.98 Å². The van der Waals surface area contributed by atoms with Crippen molar-refractivity contribution in [2.75, 3.05) is 5.32 Å². The minimum Gasteiger partial charge on any atom is -0.297 e. The monoisotopic (exact) mass is 404 g/mol. The smallest absolute Gasteiger partial charge is 0.270 e. The van der Waals surface area contributed by atoms with E-state index >= 15 is 0 Å². The van der Waals surface area contributed by atoms with Crippen molar-refractivity contribution in [2.45, 2.75) is 13.3 Å². The number of carbonyl (C=O) groups excluding carboxylic acids is 1. The molecule has 8 heteroatoms. The number of nitrogens with one attached hydrogen (secondary N) is 1. The zero-order valence-electron chi connectivity index (χ0n) is 15.5. The van der Waals surface area contributed by atoms with E-state index < -0.39 is 10.8 Å². The maximum atomic E-state index is 12.4. The van der Waals surface area contributed by atoms with E-state index in [1.54, 1.807) is 12.3 Å². The quantitative estimate of drug-likeness (QED) is 0.282. The van der Waals surface area contributed by atoms with Crippen LogP contribution in [0.25, 0.3) is 6.08 Å². The van der Waals surface area contributed by atoms with Crippen LogP contribution in [0, 0.1) is 28.4 Å². The van der Waals surface area contributed by atoms with Crippen molar-refractivity contribution >= 4 is 34.1 Å². The second-order valence-corrected chi connectivity index (χ2v) is 7.39. The molecular weight excluding hydrogens is 388 g/mol. The lowest BCUT2D eigenvalue weighted by Crippen LogP contribution is -2.13. The molecule has 7 nitrogen and oxygen atoms in total. The molecule has 0 saturated heterocycles. The minimum atomic E-state index is -0.616. The Morgan fingerprint density at radius 2 is 2.07 bits per heavy atom. The van der Waals surface area contributed by atoms with Crippen LogP contribution < -0.4 is 5.32 Å². The fraction of sp³-hybridized carbons (Fsp3) is 0.0952. The molecule has 0 unspecified atom stereocenters. The number of non-ortho nitro benzene ring substituents is 1. The Morgan fingerprint density at radius 3 is 2.76 bits per heavy atom. The van der Waals surface area contributed by atoms with Crippen LogP contribution in [0.3, 0.4) is 0 Å². The summed E-state index contributed by atoms with van der Waals surface area (Å²) >= 11 is 1.33. The molecule has 3 rings (SSSR count). The van der Waals surface area contributed by atoms with Gasteiger partial charge in [-0.2, -0.15) is 5.26 Å². The van der Waals surface area contributed by atoms with Crippen LogP contribution >= 0.6 is 11.3 Å². The molecule has 2 aromatic carbocycles. The second kappa shape index (κ2) is 8.91. The number of thiazole rings is 1. The highest BCUT2D eigenvalue weighted by atomic mass is 32.1. The molecule has 0 saturated carbocycles. The number of nitriles is 1. The Balaban J connectivity index is 1.71. The van der Waals surface area contributed by atoms with E-state index in [0.29, 0.717) is 17.1 Å². The van der Waals surface area contributed by atoms with Gasteiger partial charge in [-0.1, -0.05) is 42.0 Å². The lowest BCUT2D eigenvalue weighted by molar-refractivity contribution is -0.384. The van der Waals surface area contributed by atoms with E-state index in [2.05, 4.69) is 10.3 Å². The molecule has 0 aliphatic carbocycles. The molecule has 1 aromatic heterocycles. The van der Waals surface area contributed by atoms with E-state index in [0.717, 1.165) is 10.4 Å².